The zero-order chi connectivity index (χ0) is 18.9. The molecule has 0 saturated carbocycles. The van der Waals surface area contributed by atoms with Gasteiger partial charge in [-0.15, -0.1) is 0 Å². The molecule has 2 aromatic carbocycles. The van der Waals surface area contributed by atoms with E-state index in [1.807, 2.05) is 37.3 Å². The molecule has 2 amide bonds. The standard InChI is InChI=1S/C20H23ClN2O3/c1-14-7-8-17(13-18(14)21)23-20(26)19(25)22-11-9-16(10-12-24)15-5-3-2-4-6-15/h2-8,13,16,24H,9-12H2,1H3,(H,22,25)(H,23,26)/t16-/m0/s1. The Hall–Kier alpha value is -2.37. The fourth-order valence-corrected chi connectivity index (χ4v) is 2.84. The first-order chi connectivity index (χ1) is 12.5. The molecule has 0 radical (unpaired) electrons. The van der Waals surface area contributed by atoms with E-state index in [-0.39, 0.29) is 12.5 Å². The third-order valence-electron chi connectivity index (χ3n) is 4.16. The second-order valence-corrected chi connectivity index (χ2v) is 6.49. The number of carbonyl (C=O) groups is 2. The summed E-state index contributed by atoms with van der Waals surface area (Å²) in [6.07, 6.45) is 1.24. The van der Waals surface area contributed by atoms with Gasteiger partial charge in [-0.3, -0.25) is 9.59 Å². The van der Waals surface area contributed by atoms with Gasteiger partial charge < -0.3 is 15.7 Å². The number of hydrogen-bond donors (Lipinski definition) is 3. The number of halogens is 1. The molecule has 2 aromatic rings. The molecule has 1 atom stereocenters. The number of benzene rings is 2. The van der Waals surface area contributed by atoms with Crippen LogP contribution < -0.4 is 10.6 Å². The molecule has 0 heterocycles. The van der Waals surface area contributed by atoms with Crippen molar-refractivity contribution in [3.05, 3.63) is 64.7 Å². The summed E-state index contributed by atoms with van der Waals surface area (Å²) in [7, 11) is 0. The molecule has 0 spiro atoms. The average molecular weight is 375 g/mol. The van der Waals surface area contributed by atoms with Crippen molar-refractivity contribution in [2.75, 3.05) is 18.5 Å². The van der Waals surface area contributed by atoms with Crippen molar-refractivity contribution in [2.24, 2.45) is 0 Å². The number of aliphatic hydroxyl groups excluding tert-OH is 1. The van der Waals surface area contributed by atoms with Gasteiger partial charge in [0.2, 0.25) is 0 Å². The van der Waals surface area contributed by atoms with E-state index in [0.29, 0.717) is 30.1 Å². The van der Waals surface area contributed by atoms with Crippen molar-refractivity contribution >= 4 is 29.1 Å². The van der Waals surface area contributed by atoms with E-state index in [1.54, 1.807) is 18.2 Å². The first-order valence-electron chi connectivity index (χ1n) is 8.52. The number of amides is 2. The van der Waals surface area contributed by atoms with Crippen molar-refractivity contribution < 1.29 is 14.7 Å². The summed E-state index contributed by atoms with van der Waals surface area (Å²) in [5, 5.41) is 14.9. The van der Waals surface area contributed by atoms with Gasteiger partial charge in [-0.05, 0) is 48.9 Å². The molecule has 0 bridgehead atoms. The molecule has 0 aromatic heterocycles. The van der Waals surface area contributed by atoms with Gasteiger partial charge in [0, 0.05) is 23.9 Å². The fraction of sp³-hybridized carbons (Fsp3) is 0.300. The van der Waals surface area contributed by atoms with Gasteiger partial charge in [-0.25, -0.2) is 0 Å². The Labute approximate surface area is 158 Å². The van der Waals surface area contributed by atoms with Crippen LogP contribution in [0.25, 0.3) is 0 Å². The normalized spacial score (nSPS) is 11.7. The second kappa shape index (κ2) is 9.94. The van der Waals surface area contributed by atoms with Gasteiger partial charge in [0.15, 0.2) is 0 Å². The minimum absolute atomic E-state index is 0.0716. The molecular formula is C20H23ClN2O3. The molecule has 5 nitrogen and oxygen atoms in total. The first kappa shape index (κ1) is 19.9. The highest BCUT2D eigenvalue weighted by molar-refractivity contribution is 6.39. The van der Waals surface area contributed by atoms with Gasteiger partial charge in [0.05, 0.1) is 0 Å². The number of rotatable bonds is 7. The Morgan fingerprint density at radius 1 is 1.08 bits per heavy atom. The molecule has 2 rings (SSSR count). The topological polar surface area (TPSA) is 78.4 Å². The smallest absolute Gasteiger partial charge is 0.313 e. The maximum absolute atomic E-state index is 12.0. The van der Waals surface area contributed by atoms with Crippen LogP contribution in [0.4, 0.5) is 5.69 Å². The molecule has 138 valence electrons. The quantitative estimate of drug-likeness (QED) is 0.651. The van der Waals surface area contributed by atoms with Crippen molar-refractivity contribution in [3.63, 3.8) is 0 Å². The lowest BCUT2D eigenvalue weighted by Crippen LogP contribution is -2.36. The predicted molar refractivity (Wildman–Crippen MR) is 103 cm³/mol. The number of anilines is 1. The first-order valence-corrected chi connectivity index (χ1v) is 8.90. The molecule has 26 heavy (non-hydrogen) atoms. The average Bonchev–Trinajstić information content (AvgIpc) is 2.64. The number of hydrogen-bond acceptors (Lipinski definition) is 3. The summed E-state index contributed by atoms with van der Waals surface area (Å²) in [4.78, 5) is 23.9. The van der Waals surface area contributed by atoms with Crippen LogP contribution in [0.3, 0.4) is 0 Å². The summed E-state index contributed by atoms with van der Waals surface area (Å²) in [5.41, 5.74) is 2.47. The molecule has 0 aliphatic heterocycles. The Bertz CT molecular complexity index is 750. The van der Waals surface area contributed by atoms with Crippen LogP contribution in [-0.4, -0.2) is 30.1 Å². The SMILES string of the molecule is Cc1ccc(NC(=O)C(=O)NCC[C@@H](CCO)c2ccccc2)cc1Cl. The van der Waals surface area contributed by atoms with Gasteiger partial charge in [-0.1, -0.05) is 48.0 Å². The van der Waals surface area contributed by atoms with Crippen LogP contribution in [0.1, 0.15) is 29.9 Å². The van der Waals surface area contributed by atoms with Crippen molar-refractivity contribution in [3.8, 4) is 0 Å². The van der Waals surface area contributed by atoms with E-state index < -0.39 is 11.8 Å². The van der Waals surface area contributed by atoms with E-state index in [4.69, 9.17) is 11.6 Å². The molecule has 0 unspecified atom stereocenters. The van der Waals surface area contributed by atoms with Crippen LogP contribution in [0.5, 0.6) is 0 Å². The number of aryl methyl sites for hydroxylation is 1. The van der Waals surface area contributed by atoms with Crippen molar-refractivity contribution in [1.82, 2.24) is 5.32 Å². The minimum atomic E-state index is -0.733. The summed E-state index contributed by atoms with van der Waals surface area (Å²) < 4.78 is 0. The lowest BCUT2D eigenvalue weighted by molar-refractivity contribution is -0.136. The largest absolute Gasteiger partial charge is 0.396 e. The molecule has 0 aliphatic carbocycles. The Balaban J connectivity index is 1.84. The molecule has 0 fully saturated rings. The second-order valence-electron chi connectivity index (χ2n) is 6.08. The number of aliphatic hydroxyl groups is 1. The van der Waals surface area contributed by atoms with Gasteiger partial charge in [0.1, 0.15) is 0 Å². The van der Waals surface area contributed by atoms with Gasteiger partial charge >= 0.3 is 11.8 Å². The Morgan fingerprint density at radius 2 is 1.81 bits per heavy atom. The molecule has 6 heteroatoms. The zero-order valence-corrected chi connectivity index (χ0v) is 15.4. The van der Waals surface area contributed by atoms with Crippen molar-refractivity contribution in [1.29, 1.82) is 0 Å². The van der Waals surface area contributed by atoms with Crippen LogP contribution in [-0.2, 0) is 9.59 Å². The van der Waals surface area contributed by atoms with E-state index in [9.17, 15) is 14.7 Å². The molecule has 3 N–H and O–H groups in total. The highest BCUT2D eigenvalue weighted by Crippen LogP contribution is 2.22. The summed E-state index contributed by atoms with van der Waals surface area (Å²) in [6, 6.07) is 14.9. The molecule has 0 saturated heterocycles. The van der Waals surface area contributed by atoms with Crippen LogP contribution in [0.15, 0.2) is 48.5 Å². The maximum atomic E-state index is 12.0. The number of nitrogens with one attached hydrogen (secondary N) is 2. The van der Waals surface area contributed by atoms with Crippen LogP contribution >= 0.6 is 11.6 Å². The summed E-state index contributed by atoms with van der Waals surface area (Å²) >= 11 is 6.01. The number of carbonyl (C=O) groups excluding carboxylic acids is 2. The summed E-state index contributed by atoms with van der Waals surface area (Å²) in [6.45, 7) is 2.28. The lowest BCUT2D eigenvalue weighted by Gasteiger charge is -2.16. The highest BCUT2D eigenvalue weighted by atomic mass is 35.5. The van der Waals surface area contributed by atoms with Crippen LogP contribution in [0.2, 0.25) is 5.02 Å². The van der Waals surface area contributed by atoms with Gasteiger partial charge in [0.25, 0.3) is 0 Å². The fourth-order valence-electron chi connectivity index (χ4n) is 2.66. The molecular weight excluding hydrogens is 352 g/mol. The highest BCUT2D eigenvalue weighted by Gasteiger charge is 2.16. The van der Waals surface area contributed by atoms with E-state index >= 15 is 0 Å². The molecule has 0 aliphatic rings. The Morgan fingerprint density at radius 3 is 2.46 bits per heavy atom. The van der Waals surface area contributed by atoms with Crippen LogP contribution in [0, 0.1) is 6.92 Å². The third-order valence-corrected chi connectivity index (χ3v) is 4.57. The maximum Gasteiger partial charge on any atom is 0.313 e. The van der Waals surface area contributed by atoms with E-state index in [2.05, 4.69) is 10.6 Å². The predicted octanol–water partition coefficient (Wildman–Crippen LogP) is 3.26. The summed E-state index contributed by atoms with van der Waals surface area (Å²) in [5.74, 6) is -1.30. The van der Waals surface area contributed by atoms with Gasteiger partial charge in [-0.2, -0.15) is 0 Å². The van der Waals surface area contributed by atoms with E-state index in [1.165, 1.54) is 0 Å². The minimum Gasteiger partial charge on any atom is -0.396 e. The van der Waals surface area contributed by atoms with Crippen molar-refractivity contribution in [2.45, 2.75) is 25.7 Å². The van der Waals surface area contributed by atoms with E-state index in [0.717, 1.165) is 11.1 Å². The third kappa shape index (κ3) is 5.86. The lowest BCUT2D eigenvalue weighted by atomic mass is 9.93. The Kier molecular flexibility index (Phi) is 7.63. The zero-order valence-electron chi connectivity index (χ0n) is 14.7. The monoisotopic (exact) mass is 374 g/mol.